The number of carbonyl (C=O) groups is 1. The number of hydrogen-bond acceptors (Lipinski definition) is 6. The number of allylic oxidation sites excluding steroid dienone is 1. The molecular weight excluding hydrogens is 348 g/mol. The van der Waals surface area contributed by atoms with Gasteiger partial charge in [-0.3, -0.25) is 4.79 Å². The molecule has 0 unspecified atom stereocenters. The van der Waals surface area contributed by atoms with Crippen LogP contribution in [0.4, 0.5) is 0 Å². The van der Waals surface area contributed by atoms with Crippen LogP contribution in [0.2, 0.25) is 5.02 Å². The fraction of sp³-hybridized carbons (Fsp3) is 0.167. The molecule has 7 heteroatoms. The molecule has 0 saturated heterocycles. The van der Waals surface area contributed by atoms with Crippen LogP contribution in [0, 0.1) is 0 Å². The Bertz CT molecular complexity index is 804. The molecule has 0 radical (unpaired) electrons. The van der Waals surface area contributed by atoms with Gasteiger partial charge in [0.2, 0.25) is 5.75 Å². The van der Waals surface area contributed by atoms with E-state index >= 15 is 0 Å². The van der Waals surface area contributed by atoms with Gasteiger partial charge in [0.15, 0.2) is 17.3 Å². The van der Waals surface area contributed by atoms with E-state index in [0.717, 1.165) is 6.07 Å². The monoisotopic (exact) mass is 364 g/mol. The zero-order chi connectivity index (χ0) is 18.6. The van der Waals surface area contributed by atoms with Gasteiger partial charge in [-0.15, -0.1) is 0 Å². The number of halogens is 1. The molecule has 0 aromatic heterocycles. The molecular formula is C18H17ClO6. The van der Waals surface area contributed by atoms with E-state index < -0.39 is 5.78 Å². The first-order valence-electron chi connectivity index (χ1n) is 7.15. The third-order valence-corrected chi connectivity index (χ3v) is 3.75. The molecule has 0 bridgehead atoms. The van der Waals surface area contributed by atoms with E-state index in [2.05, 4.69) is 0 Å². The normalized spacial score (nSPS) is 10.7. The number of aromatic hydroxyl groups is 2. The Balaban J connectivity index is 2.36. The van der Waals surface area contributed by atoms with Crippen molar-refractivity contribution in [2.45, 2.75) is 0 Å². The Labute approximate surface area is 149 Å². The standard InChI is InChI=1S/C18H17ClO6/c1-23-16-6-10(7-17(24-2)18(16)25-3)4-5-13(20)11-8-12(19)15(22)9-14(11)21/h4-9,21-22H,1-3H3/b5-4+. The van der Waals surface area contributed by atoms with Crippen molar-refractivity contribution in [3.63, 3.8) is 0 Å². The molecule has 0 aliphatic carbocycles. The van der Waals surface area contributed by atoms with Crippen LogP contribution in [0.1, 0.15) is 15.9 Å². The molecule has 0 fully saturated rings. The molecule has 6 nitrogen and oxygen atoms in total. The van der Waals surface area contributed by atoms with Crippen LogP contribution in [0.3, 0.4) is 0 Å². The van der Waals surface area contributed by atoms with E-state index in [0.29, 0.717) is 22.8 Å². The Morgan fingerprint density at radius 2 is 1.56 bits per heavy atom. The second-order valence-electron chi connectivity index (χ2n) is 4.98. The third-order valence-electron chi connectivity index (χ3n) is 3.44. The number of hydrogen-bond donors (Lipinski definition) is 2. The quantitative estimate of drug-likeness (QED) is 0.601. The summed E-state index contributed by atoms with van der Waals surface area (Å²) in [5.74, 6) is 0.198. The minimum absolute atomic E-state index is 0.0218. The highest BCUT2D eigenvalue weighted by Crippen LogP contribution is 2.38. The SMILES string of the molecule is COc1cc(/C=C/C(=O)c2cc(Cl)c(O)cc2O)cc(OC)c1OC. The molecule has 0 amide bonds. The smallest absolute Gasteiger partial charge is 0.203 e. The van der Waals surface area contributed by atoms with Crippen LogP contribution < -0.4 is 14.2 Å². The van der Waals surface area contributed by atoms with E-state index in [1.54, 1.807) is 12.1 Å². The number of ether oxygens (including phenoxy) is 3. The lowest BCUT2D eigenvalue weighted by Gasteiger charge is -2.12. The van der Waals surface area contributed by atoms with Crippen LogP contribution in [0.15, 0.2) is 30.3 Å². The van der Waals surface area contributed by atoms with Gasteiger partial charge in [0.25, 0.3) is 0 Å². The van der Waals surface area contributed by atoms with Crippen molar-refractivity contribution in [2.24, 2.45) is 0 Å². The minimum atomic E-state index is -0.479. The fourth-order valence-corrected chi connectivity index (χ4v) is 2.37. The average Bonchev–Trinajstić information content (AvgIpc) is 2.61. The van der Waals surface area contributed by atoms with Gasteiger partial charge in [0, 0.05) is 6.07 Å². The highest BCUT2D eigenvalue weighted by Gasteiger charge is 2.14. The van der Waals surface area contributed by atoms with Crippen molar-refractivity contribution in [3.05, 3.63) is 46.5 Å². The molecule has 132 valence electrons. The summed E-state index contributed by atoms with van der Waals surface area (Å²) in [6.07, 6.45) is 2.80. The number of methoxy groups -OCH3 is 3. The first-order chi connectivity index (χ1) is 11.9. The number of rotatable bonds is 6. The fourth-order valence-electron chi connectivity index (χ4n) is 2.21. The van der Waals surface area contributed by atoms with Gasteiger partial charge in [-0.2, -0.15) is 0 Å². The molecule has 0 heterocycles. The molecule has 0 aliphatic heterocycles. The number of carbonyl (C=O) groups excluding carboxylic acids is 1. The second kappa shape index (κ2) is 7.81. The zero-order valence-electron chi connectivity index (χ0n) is 13.9. The molecule has 0 spiro atoms. The van der Waals surface area contributed by atoms with Gasteiger partial charge in [-0.25, -0.2) is 0 Å². The van der Waals surface area contributed by atoms with Gasteiger partial charge >= 0.3 is 0 Å². The highest BCUT2D eigenvalue weighted by atomic mass is 35.5. The molecule has 0 saturated carbocycles. The van der Waals surface area contributed by atoms with Crippen molar-refractivity contribution in [2.75, 3.05) is 21.3 Å². The number of ketones is 1. The summed E-state index contributed by atoms with van der Waals surface area (Å²) < 4.78 is 15.7. The van der Waals surface area contributed by atoms with Gasteiger partial charge in [-0.1, -0.05) is 17.7 Å². The molecule has 0 atom stereocenters. The molecule has 2 aromatic rings. The van der Waals surface area contributed by atoms with E-state index in [1.807, 2.05) is 0 Å². The van der Waals surface area contributed by atoms with E-state index in [1.165, 1.54) is 39.5 Å². The summed E-state index contributed by atoms with van der Waals surface area (Å²) in [7, 11) is 4.48. The summed E-state index contributed by atoms with van der Waals surface area (Å²) in [4.78, 5) is 12.3. The van der Waals surface area contributed by atoms with Crippen LogP contribution in [-0.4, -0.2) is 37.3 Å². The van der Waals surface area contributed by atoms with Crippen LogP contribution in [0.5, 0.6) is 28.7 Å². The van der Waals surface area contributed by atoms with Crippen LogP contribution >= 0.6 is 11.6 Å². The lowest BCUT2D eigenvalue weighted by Crippen LogP contribution is -1.97. The molecule has 0 aliphatic rings. The first kappa shape index (κ1) is 18.5. The largest absolute Gasteiger partial charge is 0.507 e. The summed E-state index contributed by atoms with van der Waals surface area (Å²) in [6, 6.07) is 5.57. The topological polar surface area (TPSA) is 85.2 Å². The third kappa shape index (κ3) is 3.97. The van der Waals surface area contributed by atoms with Crippen molar-refractivity contribution < 1.29 is 29.2 Å². The molecule has 2 N–H and O–H groups in total. The molecule has 2 aromatic carbocycles. The van der Waals surface area contributed by atoms with Gasteiger partial charge in [0.05, 0.1) is 31.9 Å². The van der Waals surface area contributed by atoms with Crippen LogP contribution in [-0.2, 0) is 0 Å². The maximum absolute atomic E-state index is 12.3. The first-order valence-corrected chi connectivity index (χ1v) is 7.53. The van der Waals surface area contributed by atoms with Gasteiger partial charge in [-0.05, 0) is 29.8 Å². The lowest BCUT2D eigenvalue weighted by atomic mass is 10.1. The number of phenolic OH excluding ortho intramolecular Hbond substituents is 2. The second-order valence-corrected chi connectivity index (χ2v) is 5.38. The number of benzene rings is 2. The van der Waals surface area contributed by atoms with E-state index in [9.17, 15) is 15.0 Å². The average molecular weight is 365 g/mol. The lowest BCUT2D eigenvalue weighted by molar-refractivity contribution is 0.104. The zero-order valence-corrected chi connectivity index (χ0v) is 14.6. The minimum Gasteiger partial charge on any atom is -0.507 e. The van der Waals surface area contributed by atoms with Crippen molar-refractivity contribution in [3.8, 4) is 28.7 Å². The van der Waals surface area contributed by atoms with Crippen molar-refractivity contribution in [1.82, 2.24) is 0 Å². The van der Waals surface area contributed by atoms with Gasteiger partial charge < -0.3 is 24.4 Å². The van der Waals surface area contributed by atoms with Crippen LogP contribution in [0.25, 0.3) is 6.08 Å². The van der Waals surface area contributed by atoms with Crippen molar-refractivity contribution >= 4 is 23.5 Å². The Kier molecular flexibility index (Phi) is 5.77. The predicted octanol–water partition coefficient (Wildman–Crippen LogP) is 3.67. The summed E-state index contributed by atoms with van der Waals surface area (Å²) in [5.41, 5.74) is 0.610. The maximum Gasteiger partial charge on any atom is 0.203 e. The Morgan fingerprint density at radius 1 is 0.960 bits per heavy atom. The summed E-state index contributed by atoms with van der Waals surface area (Å²) in [6.45, 7) is 0. The number of phenols is 2. The highest BCUT2D eigenvalue weighted by molar-refractivity contribution is 6.32. The van der Waals surface area contributed by atoms with Gasteiger partial charge in [0.1, 0.15) is 11.5 Å². The van der Waals surface area contributed by atoms with E-state index in [4.69, 9.17) is 25.8 Å². The predicted molar refractivity (Wildman–Crippen MR) is 94.2 cm³/mol. The summed E-state index contributed by atoms with van der Waals surface area (Å²) >= 11 is 5.78. The Morgan fingerprint density at radius 3 is 2.08 bits per heavy atom. The maximum atomic E-state index is 12.3. The molecule has 2 rings (SSSR count). The Hall–Kier alpha value is -2.86. The summed E-state index contributed by atoms with van der Waals surface area (Å²) in [5, 5.41) is 19.2. The van der Waals surface area contributed by atoms with E-state index in [-0.39, 0.29) is 22.1 Å². The molecule has 25 heavy (non-hydrogen) atoms. The van der Waals surface area contributed by atoms with Crippen molar-refractivity contribution in [1.29, 1.82) is 0 Å².